The van der Waals surface area contributed by atoms with Gasteiger partial charge in [0.05, 0.1) is 41.0 Å². The maximum absolute atomic E-state index is 12.8. The molecule has 1 amide bonds. The first-order valence-corrected chi connectivity index (χ1v) is 9.33. The van der Waals surface area contributed by atoms with Crippen LogP contribution >= 0.6 is 11.6 Å². The van der Waals surface area contributed by atoms with E-state index in [4.69, 9.17) is 16.3 Å². The van der Waals surface area contributed by atoms with Crippen LogP contribution in [0.1, 0.15) is 48.5 Å². The van der Waals surface area contributed by atoms with Crippen LogP contribution in [0.25, 0.3) is 10.9 Å². The Morgan fingerprint density at radius 2 is 2.08 bits per heavy atom. The highest BCUT2D eigenvalue weighted by molar-refractivity contribution is 6.36. The molecule has 0 radical (unpaired) electrons. The molecule has 2 aromatic rings. The number of carbonyl (C=O) groups excluding carboxylic acids is 1. The third-order valence-corrected chi connectivity index (χ3v) is 5.74. The zero-order chi connectivity index (χ0) is 17.4. The predicted molar refractivity (Wildman–Crippen MR) is 97.2 cm³/mol. The van der Waals surface area contributed by atoms with Gasteiger partial charge in [-0.05, 0) is 25.0 Å². The van der Waals surface area contributed by atoms with E-state index in [9.17, 15) is 9.90 Å². The summed E-state index contributed by atoms with van der Waals surface area (Å²) in [5, 5.41) is 14.9. The number of hydrogen-bond donors (Lipinski definition) is 2. The summed E-state index contributed by atoms with van der Waals surface area (Å²) < 4.78 is 7.37. The second-order valence-corrected chi connectivity index (χ2v) is 7.65. The van der Waals surface area contributed by atoms with Crippen molar-refractivity contribution in [3.05, 3.63) is 35.0 Å². The van der Waals surface area contributed by atoms with E-state index in [2.05, 4.69) is 9.88 Å². The largest absolute Gasteiger partial charge is 0.388 e. The van der Waals surface area contributed by atoms with E-state index in [1.165, 1.54) is 0 Å². The van der Waals surface area contributed by atoms with Gasteiger partial charge in [0, 0.05) is 18.1 Å². The molecule has 2 heterocycles. The van der Waals surface area contributed by atoms with Crippen molar-refractivity contribution in [3.63, 3.8) is 0 Å². The van der Waals surface area contributed by atoms with Gasteiger partial charge in [0.15, 0.2) is 0 Å². The summed E-state index contributed by atoms with van der Waals surface area (Å²) in [5.41, 5.74) is 0.729. The van der Waals surface area contributed by atoms with Crippen molar-refractivity contribution >= 4 is 28.4 Å². The molecule has 0 unspecified atom stereocenters. The summed E-state index contributed by atoms with van der Waals surface area (Å²) in [6, 6.07) is 5.92. The van der Waals surface area contributed by atoms with E-state index in [1.807, 2.05) is 18.3 Å². The lowest BCUT2D eigenvalue weighted by atomic mass is 9.85. The van der Waals surface area contributed by atoms with Gasteiger partial charge in [-0.3, -0.25) is 4.79 Å². The van der Waals surface area contributed by atoms with Crippen LogP contribution in [0.2, 0.25) is 5.02 Å². The molecule has 4 rings (SSSR count). The number of rotatable bonds is 4. The zero-order valence-corrected chi connectivity index (χ0v) is 14.9. The molecule has 25 heavy (non-hydrogen) atoms. The molecule has 1 aliphatic heterocycles. The minimum atomic E-state index is -0.780. The van der Waals surface area contributed by atoms with Crippen LogP contribution in [0.4, 0.5) is 0 Å². The second kappa shape index (κ2) is 6.63. The molecular weight excluding hydrogens is 340 g/mol. The van der Waals surface area contributed by atoms with Crippen LogP contribution in [-0.4, -0.2) is 40.9 Å². The van der Waals surface area contributed by atoms with Gasteiger partial charge in [0.2, 0.25) is 0 Å². The molecule has 2 aliphatic rings. The smallest absolute Gasteiger partial charge is 0.253 e. The van der Waals surface area contributed by atoms with Crippen molar-refractivity contribution in [3.8, 4) is 0 Å². The lowest BCUT2D eigenvalue weighted by molar-refractivity contribution is -0.0214. The van der Waals surface area contributed by atoms with E-state index in [0.717, 1.165) is 43.0 Å². The Bertz CT molecular complexity index is 791. The molecular formula is C19H23ClN2O3. The molecule has 1 aromatic heterocycles. The number of carbonyl (C=O) groups is 1. The number of fused-ring (bicyclic) bond motifs is 1. The third-order valence-electron chi connectivity index (χ3n) is 5.43. The van der Waals surface area contributed by atoms with E-state index in [1.54, 1.807) is 6.07 Å². The topological polar surface area (TPSA) is 63.5 Å². The monoisotopic (exact) mass is 362 g/mol. The van der Waals surface area contributed by atoms with Gasteiger partial charge < -0.3 is 19.7 Å². The van der Waals surface area contributed by atoms with Gasteiger partial charge in [-0.1, -0.05) is 36.9 Å². The average molecular weight is 363 g/mol. The SMILES string of the molecule is O=C(NCC1(O)CCCCC1)c1cn(C2COC2)c2cccc(Cl)c12. The fraction of sp³-hybridized carbons (Fsp3) is 0.526. The van der Waals surface area contributed by atoms with Crippen LogP contribution in [0, 0.1) is 0 Å². The van der Waals surface area contributed by atoms with Gasteiger partial charge in [-0.25, -0.2) is 0 Å². The molecule has 0 spiro atoms. The van der Waals surface area contributed by atoms with Gasteiger partial charge in [-0.2, -0.15) is 0 Å². The summed E-state index contributed by atoms with van der Waals surface area (Å²) in [6.45, 7) is 1.59. The summed E-state index contributed by atoms with van der Waals surface area (Å²) in [6.07, 6.45) is 6.54. The molecule has 6 heteroatoms. The maximum Gasteiger partial charge on any atom is 0.253 e. The normalized spacial score (nSPS) is 20.4. The highest BCUT2D eigenvalue weighted by Crippen LogP contribution is 2.33. The Hall–Kier alpha value is -1.56. The Balaban J connectivity index is 1.60. The third kappa shape index (κ3) is 3.16. The molecule has 5 nitrogen and oxygen atoms in total. The first-order valence-electron chi connectivity index (χ1n) is 8.95. The number of aromatic nitrogens is 1. The summed E-state index contributed by atoms with van der Waals surface area (Å²) in [5.74, 6) is -0.184. The van der Waals surface area contributed by atoms with Crippen molar-refractivity contribution in [1.82, 2.24) is 9.88 Å². The summed E-state index contributed by atoms with van der Waals surface area (Å²) in [4.78, 5) is 12.8. The minimum Gasteiger partial charge on any atom is -0.388 e. The van der Waals surface area contributed by atoms with Gasteiger partial charge >= 0.3 is 0 Å². The molecule has 134 valence electrons. The molecule has 2 fully saturated rings. The van der Waals surface area contributed by atoms with Crippen LogP contribution in [0.15, 0.2) is 24.4 Å². The second-order valence-electron chi connectivity index (χ2n) is 7.24. The number of halogens is 1. The lowest BCUT2D eigenvalue weighted by Crippen LogP contribution is -2.44. The maximum atomic E-state index is 12.8. The van der Waals surface area contributed by atoms with Crippen LogP contribution in [0.3, 0.4) is 0 Å². The Morgan fingerprint density at radius 3 is 2.76 bits per heavy atom. The highest BCUT2D eigenvalue weighted by Gasteiger charge is 2.31. The predicted octanol–water partition coefficient (Wildman–Crippen LogP) is 3.29. The number of nitrogens with one attached hydrogen (secondary N) is 1. The Kier molecular flexibility index (Phi) is 4.48. The Labute approximate surface area is 151 Å². The summed E-state index contributed by atoms with van der Waals surface area (Å²) >= 11 is 6.39. The fourth-order valence-electron chi connectivity index (χ4n) is 3.85. The number of nitrogens with zero attached hydrogens (tertiary/aromatic N) is 1. The molecule has 0 bridgehead atoms. The Morgan fingerprint density at radius 1 is 1.32 bits per heavy atom. The first kappa shape index (κ1) is 16.9. The van der Waals surface area contributed by atoms with Gasteiger partial charge in [0.25, 0.3) is 5.91 Å². The molecule has 2 N–H and O–H groups in total. The molecule has 0 atom stereocenters. The van der Waals surface area contributed by atoms with Crippen LogP contribution < -0.4 is 5.32 Å². The van der Waals surface area contributed by atoms with Gasteiger partial charge in [-0.15, -0.1) is 0 Å². The molecule has 1 aliphatic carbocycles. The quantitative estimate of drug-likeness (QED) is 0.877. The fourth-order valence-corrected chi connectivity index (χ4v) is 4.12. The van der Waals surface area contributed by atoms with E-state index >= 15 is 0 Å². The van der Waals surface area contributed by atoms with Gasteiger partial charge in [0.1, 0.15) is 0 Å². The number of amides is 1. The number of aliphatic hydroxyl groups is 1. The van der Waals surface area contributed by atoms with E-state index in [-0.39, 0.29) is 18.5 Å². The van der Waals surface area contributed by atoms with Crippen molar-refractivity contribution in [2.75, 3.05) is 19.8 Å². The molecule has 1 aromatic carbocycles. The van der Waals surface area contributed by atoms with Crippen molar-refractivity contribution in [2.24, 2.45) is 0 Å². The number of benzene rings is 1. The minimum absolute atomic E-state index is 0.184. The molecule has 1 saturated heterocycles. The van der Waals surface area contributed by atoms with E-state index in [0.29, 0.717) is 23.8 Å². The van der Waals surface area contributed by atoms with Crippen LogP contribution in [0.5, 0.6) is 0 Å². The first-order chi connectivity index (χ1) is 12.1. The lowest BCUT2D eigenvalue weighted by Gasteiger charge is -2.32. The van der Waals surface area contributed by atoms with Crippen molar-refractivity contribution < 1.29 is 14.6 Å². The van der Waals surface area contributed by atoms with Crippen LogP contribution in [-0.2, 0) is 4.74 Å². The van der Waals surface area contributed by atoms with E-state index < -0.39 is 5.60 Å². The zero-order valence-electron chi connectivity index (χ0n) is 14.1. The number of hydrogen-bond acceptors (Lipinski definition) is 3. The number of ether oxygens (including phenoxy) is 1. The van der Waals surface area contributed by atoms with Crippen molar-refractivity contribution in [2.45, 2.75) is 43.7 Å². The highest BCUT2D eigenvalue weighted by atomic mass is 35.5. The molecule has 1 saturated carbocycles. The standard InChI is InChI=1S/C19H23ClN2O3/c20-15-5-4-6-16-17(15)14(9-22(16)13-10-25-11-13)18(23)21-12-19(24)7-2-1-3-8-19/h4-6,9,13,24H,1-3,7-8,10-12H2,(H,21,23). The van der Waals surface area contributed by atoms with Crippen molar-refractivity contribution in [1.29, 1.82) is 0 Å². The summed E-state index contributed by atoms with van der Waals surface area (Å²) in [7, 11) is 0. The average Bonchev–Trinajstić information content (AvgIpc) is 2.93.